The molecule has 0 bridgehead atoms. The first-order valence-electron chi connectivity index (χ1n) is 6.87. The van der Waals surface area contributed by atoms with E-state index < -0.39 is 0 Å². The summed E-state index contributed by atoms with van der Waals surface area (Å²) in [5.74, 6) is -0.110. The largest absolute Gasteiger partial charge is 0.465 e. The quantitative estimate of drug-likeness (QED) is 0.511. The number of likely N-dealkylation sites (tertiary alicyclic amines) is 1. The Morgan fingerprint density at radius 3 is 3.00 bits per heavy atom. The Labute approximate surface area is 110 Å². The molecule has 1 unspecified atom stereocenters. The lowest BCUT2D eigenvalue weighted by molar-refractivity contribution is -0.145. The Balaban J connectivity index is 2.29. The van der Waals surface area contributed by atoms with Crippen molar-refractivity contribution in [1.29, 1.82) is 0 Å². The van der Waals surface area contributed by atoms with Crippen LogP contribution >= 0.6 is 0 Å². The van der Waals surface area contributed by atoms with Crippen LogP contribution in [-0.4, -0.2) is 63.4 Å². The number of esters is 1. The fourth-order valence-electron chi connectivity index (χ4n) is 2.31. The van der Waals surface area contributed by atoms with Gasteiger partial charge in [-0.05, 0) is 26.3 Å². The smallest absolute Gasteiger partial charge is 0.320 e. The summed E-state index contributed by atoms with van der Waals surface area (Å²) in [4.78, 5) is 13.8. The van der Waals surface area contributed by atoms with Gasteiger partial charge in [0.05, 0.1) is 19.8 Å². The van der Waals surface area contributed by atoms with Gasteiger partial charge in [-0.1, -0.05) is 6.42 Å². The molecule has 1 saturated heterocycles. The van der Waals surface area contributed by atoms with Gasteiger partial charge in [0, 0.05) is 26.2 Å². The third-order valence-electron chi connectivity index (χ3n) is 3.25. The zero-order valence-electron chi connectivity index (χ0n) is 11.6. The van der Waals surface area contributed by atoms with Gasteiger partial charge in [0.25, 0.3) is 0 Å². The lowest BCUT2D eigenvalue weighted by Crippen LogP contribution is -2.48. The topological polar surface area (TPSA) is 50.8 Å². The van der Waals surface area contributed by atoms with Crippen LogP contribution in [0.2, 0.25) is 0 Å². The van der Waals surface area contributed by atoms with Crippen molar-refractivity contribution in [2.75, 3.05) is 46.5 Å². The Hall–Kier alpha value is -0.650. The van der Waals surface area contributed by atoms with Crippen LogP contribution in [0.4, 0.5) is 0 Å². The molecule has 106 valence electrons. The number of rotatable bonds is 8. The van der Waals surface area contributed by atoms with Crippen LogP contribution < -0.4 is 5.32 Å². The Morgan fingerprint density at radius 1 is 1.44 bits per heavy atom. The fraction of sp³-hybridized carbons (Fsp3) is 0.923. The van der Waals surface area contributed by atoms with Crippen LogP contribution in [0.5, 0.6) is 0 Å². The fourth-order valence-corrected chi connectivity index (χ4v) is 2.31. The molecule has 1 fully saturated rings. The Kier molecular flexibility index (Phi) is 7.96. The van der Waals surface area contributed by atoms with E-state index in [0.717, 1.165) is 32.7 Å². The van der Waals surface area contributed by atoms with Crippen molar-refractivity contribution in [1.82, 2.24) is 10.2 Å². The Bertz CT molecular complexity index is 236. The van der Waals surface area contributed by atoms with E-state index in [1.807, 2.05) is 6.92 Å². The summed E-state index contributed by atoms with van der Waals surface area (Å²) in [5, 5.41) is 3.37. The van der Waals surface area contributed by atoms with E-state index in [-0.39, 0.29) is 5.97 Å². The number of methoxy groups -OCH3 is 1. The van der Waals surface area contributed by atoms with Crippen molar-refractivity contribution in [3.63, 3.8) is 0 Å². The minimum atomic E-state index is -0.110. The first-order chi connectivity index (χ1) is 8.77. The molecule has 18 heavy (non-hydrogen) atoms. The van der Waals surface area contributed by atoms with Gasteiger partial charge >= 0.3 is 5.97 Å². The number of nitrogens with one attached hydrogen (secondary N) is 1. The van der Waals surface area contributed by atoms with Crippen LogP contribution in [0.1, 0.15) is 26.2 Å². The molecular weight excluding hydrogens is 232 g/mol. The Morgan fingerprint density at radius 2 is 2.28 bits per heavy atom. The summed E-state index contributed by atoms with van der Waals surface area (Å²) in [6, 6.07) is 0.444. The second kappa shape index (κ2) is 9.30. The molecule has 0 saturated carbocycles. The maximum atomic E-state index is 11.5. The van der Waals surface area contributed by atoms with E-state index in [1.165, 1.54) is 12.8 Å². The number of hydrogen-bond acceptors (Lipinski definition) is 5. The zero-order valence-corrected chi connectivity index (χ0v) is 11.6. The predicted molar refractivity (Wildman–Crippen MR) is 70.6 cm³/mol. The molecule has 1 N–H and O–H groups in total. The highest BCUT2D eigenvalue weighted by Crippen LogP contribution is 2.16. The van der Waals surface area contributed by atoms with Crippen molar-refractivity contribution in [2.45, 2.75) is 32.2 Å². The van der Waals surface area contributed by atoms with Gasteiger partial charge in [0.1, 0.15) is 0 Å². The van der Waals surface area contributed by atoms with E-state index in [9.17, 15) is 4.79 Å². The van der Waals surface area contributed by atoms with E-state index in [4.69, 9.17) is 9.47 Å². The molecule has 5 heteroatoms. The molecule has 1 aliphatic heterocycles. The maximum Gasteiger partial charge on any atom is 0.320 e. The molecule has 1 heterocycles. The summed E-state index contributed by atoms with van der Waals surface area (Å²) in [7, 11) is 1.70. The summed E-state index contributed by atoms with van der Waals surface area (Å²) in [5.41, 5.74) is 0. The number of carbonyl (C=O) groups is 1. The summed E-state index contributed by atoms with van der Waals surface area (Å²) >= 11 is 0. The molecule has 1 rings (SSSR count). The summed E-state index contributed by atoms with van der Waals surface area (Å²) in [6.45, 7) is 6.23. The number of ether oxygens (including phenoxy) is 2. The minimum absolute atomic E-state index is 0.110. The van der Waals surface area contributed by atoms with Gasteiger partial charge in [0.2, 0.25) is 0 Å². The molecular formula is C13H26N2O3. The van der Waals surface area contributed by atoms with Crippen LogP contribution in [0.15, 0.2) is 0 Å². The molecule has 0 aromatic rings. The van der Waals surface area contributed by atoms with E-state index in [2.05, 4.69) is 10.2 Å². The van der Waals surface area contributed by atoms with Crippen LogP contribution in [0.3, 0.4) is 0 Å². The van der Waals surface area contributed by atoms with Gasteiger partial charge in [-0.3, -0.25) is 9.69 Å². The van der Waals surface area contributed by atoms with Gasteiger partial charge in [-0.15, -0.1) is 0 Å². The predicted octanol–water partition coefficient (Wildman–Crippen LogP) is 0.640. The van der Waals surface area contributed by atoms with E-state index >= 15 is 0 Å². The standard InChI is InChI=1S/C13H26N2O3/c1-3-18-13(16)11-15-8-5-4-6-12(15)10-14-7-9-17-2/h12,14H,3-11H2,1-2H3. The first-order valence-corrected chi connectivity index (χ1v) is 6.87. The van der Waals surface area contributed by atoms with Gasteiger partial charge in [-0.2, -0.15) is 0 Å². The maximum absolute atomic E-state index is 11.5. The summed E-state index contributed by atoms with van der Waals surface area (Å²) < 4.78 is 10.0. The second-order valence-electron chi connectivity index (χ2n) is 4.62. The highest BCUT2D eigenvalue weighted by molar-refractivity contribution is 5.71. The highest BCUT2D eigenvalue weighted by atomic mass is 16.5. The van der Waals surface area contributed by atoms with Crippen LogP contribution in [-0.2, 0) is 14.3 Å². The van der Waals surface area contributed by atoms with Crippen molar-refractivity contribution in [2.24, 2.45) is 0 Å². The molecule has 0 aromatic heterocycles. The zero-order chi connectivity index (χ0) is 13.2. The average molecular weight is 258 g/mol. The average Bonchev–Trinajstić information content (AvgIpc) is 2.37. The van der Waals surface area contributed by atoms with Crippen molar-refractivity contribution in [3.05, 3.63) is 0 Å². The summed E-state index contributed by atoms with van der Waals surface area (Å²) in [6.07, 6.45) is 3.57. The van der Waals surface area contributed by atoms with Gasteiger partial charge in [0.15, 0.2) is 0 Å². The van der Waals surface area contributed by atoms with E-state index in [0.29, 0.717) is 19.2 Å². The number of piperidine rings is 1. The first kappa shape index (κ1) is 15.4. The van der Waals surface area contributed by atoms with Gasteiger partial charge in [-0.25, -0.2) is 0 Å². The lowest BCUT2D eigenvalue weighted by atomic mass is 10.0. The highest BCUT2D eigenvalue weighted by Gasteiger charge is 2.24. The number of nitrogens with zero attached hydrogens (tertiary/aromatic N) is 1. The van der Waals surface area contributed by atoms with Crippen LogP contribution in [0, 0.1) is 0 Å². The molecule has 0 aromatic carbocycles. The molecule has 0 aliphatic carbocycles. The third-order valence-corrected chi connectivity index (χ3v) is 3.25. The monoisotopic (exact) mass is 258 g/mol. The second-order valence-corrected chi connectivity index (χ2v) is 4.62. The van der Waals surface area contributed by atoms with Gasteiger partial charge < -0.3 is 14.8 Å². The number of hydrogen-bond donors (Lipinski definition) is 1. The molecule has 0 spiro atoms. The normalized spacial score (nSPS) is 20.9. The molecule has 5 nitrogen and oxygen atoms in total. The molecule has 1 aliphatic rings. The lowest BCUT2D eigenvalue weighted by Gasteiger charge is -2.35. The van der Waals surface area contributed by atoms with Crippen molar-refractivity contribution >= 4 is 5.97 Å². The molecule has 0 radical (unpaired) electrons. The third kappa shape index (κ3) is 5.80. The molecule has 1 atom stereocenters. The minimum Gasteiger partial charge on any atom is -0.465 e. The van der Waals surface area contributed by atoms with Crippen LogP contribution in [0.25, 0.3) is 0 Å². The molecule has 0 amide bonds. The van der Waals surface area contributed by atoms with E-state index in [1.54, 1.807) is 7.11 Å². The number of carbonyl (C=O) groups excluding carboxylic acids is 1. The van der Waals surface area contributed by atoms with Crippen molar-refractivity contribution in [3.8, 4) is 0 Å². The van der Waals surface area contributed by atoms with Crippen molar-refractivity contribution < 1.29 is 14.3 Å². The SMILES string of the molecule is CCOC(=O)CN1CCCCC1CNCCOC.